The molecule has 0 saturated heterocycles. The third-order valence-electron chi connectivity index (χ3n) is 7.22. The summed E-state index contributed by atoms with van der Waals surface area (Å²) in [5, 5.41) is 19.2. The first kappa shape index (κ1) is 32.0. The van der Waals surface area contributed by atoms with Crippen molar-refractivity contribution >= 4 is 69.9 Å². The molecule has 8 N–H and O–H groups in total. The Labute approximate surface area is 258 Å². The lowest BCUT2D eigenvalue weighted by atomic mass is 10.0. The Morgan fingerprint density at radius 2 is 1.33 bits per heavy atom. The van der Waals surface area contributed by atoms with E-state index in [4.69, 9.17) is 5.73 Å². The minimum Gasteiger partial charge on any atom is -0.480 e. The smallest absolute Gasteiger partial charge is 0.327 e. The van der Waals surface area contributed by atoms with Crippen molar-refractivity contribution in [3.8, 4) is 0 Å². The molecule has 0 radical (unpaired) electrons. The highest BCUT2D eigenvalue weighted by molar-refractivity contribution is 7.98. The number of benzene rings is 2. The summed E-state index contributed by atoms with van der Waals surface area (Å²) in [5.41, 5.74) is 9.81. The predicted molar refractivity (Wildman–Crippen MR) is 172 cm³/mol. The number of nitrogens with two attached hydrogens (primary N) is 1. The first-order chi connectivity index (χ1) is 20.7. The summed E-state index contributed by atoms with van der Waals surface area (Å²) < 4.78 is 0. The van der Waals surface area contributed by atoms with Gasteiger partial charge in [-0.25, -0.2) is 4.79 Å². The molecule has 4 aromatic rings. The van der Waals surface area contributed by atoms with E-state index >= 15 is 0 Å². The molecule has 0 saturated carbocycles. The Bertz CT molecular complexity index is 1590. The standard InChI is InChI=1S/C30H36N6O5S2/c1-43-11-10-24(28(38)36-26(16-42)30(40)41)34-29(39)25(13-18-15-33-23-9-5-3-7-20(18)23)35-27(37)21(31)12-17-14-32-22-8-4-2-6-19(17)22/h2-9,14-15,21,24-26,32-33,42H,10-13,16,31H2,1H3,(H,34,39)(H,35,37)(H,36,38)(H,40,41). The zero-order valence-corrected chi connectivity index (χ0v) is 25.3. The number of amides is 3. The number of thiol groups is 1. The van der Waals surface area contributed by atoms with Crippen LogP contribution < -0.4 is 21.7 Å². The molecule has 3 amide bonds. The fourth-order valence-corrected chi connectivity index (χ4v) is 5.59. The number of carbonyl (C=O) groups excluding carboxylic acids is 3. The van der Waals surface area contributed by atoms with E-state index < -0.39 is 47.9 Å². The number of H-pyrrole nitrogens is 2. The van der Waals surface area contributed by atoms with Crippen molar-refractivity contribution in [3.05, 3.63) is 72.1 Å². The van der Waals surface area contributed by atoms with Crippen LogP contribution in [0.4, 0.5) is 0 Å². The van der Waals surface area contributed by atoms with Gasteiger partial charge in [0, 0.05) is 46.4 Å². The maximum atomic E-state index is 13.7. The molecule has 4 unspecified atom stereocenters. The summed E-state index contributed by atoms with van der Waals surface area (Å²) in [7, 11) is 0. The van der Waals surface area contributed by atoms with E-state index in [-0.39, 0.29) is 25.0 Å². The number of hydrogen-bond acceptors (Lipinski definition) is 7. The van der Waals surface area contributed by atoms with Crippen molar-refractivity contribution in [1.82, 2.24) is 25.9 Å². The van der Waals surface area contributed by atoms with E-state index in [1.807, 2.05) is 61.0 Å². The Morgan fingerprint density at radius 3 is 1.88 bits per heavy atom. The van der Waals surface area contributed by atoms with Gasteiger partial charge in [-0.05, 0) is 48.1 Å². The molecular weight excluding hydrogens is 589 g/mol. The van der Waals surface area contributed by atoms with Crippen molar-refractivity contribution in [2.24, 2.45) is 5.73 Å². The molecule has 4 rings (SSSR count). The zero-order valence-electron chi connectivity index (χ0n) is 23.6. The maximum absolute atomic E-state index is 13.7. The Balaban J connectivity index is 1.54. The molecule has 11 nitrogen and oxygen atoms in total. The highest BCUT2D eigenvalue weighted by atomic mass is 32.2. The van der Waals surface area contributed by atoms with Crippen LogP contribution in [0.15, 0.2) is 60.9 Å². The molecule has 13 heteroatoms. The van der Waals surface area contributed by atoms with Gasteiger partial charge in [-0.15, -0.1) is 0 Å². The lowest BCUT2D eigenvalue weighted by Gasteiger charge is -2.25. The first-order valence-corrected chi connectivity index (χ1v) is 15.8. The van der Waals surface area contributed by atoms with Crippen LogP contribution in [0.1, 0.15) is 17.5 Å². The van der Waals surface area contributed by atoms with Gasteiger partial charge in [0.1, 0.15) is 18.1 Å². The van der Waals surface area contributed by atoms with E-state index in [0.29, 0.717) is 5.75 Å². The van der Waals surface area contributed by atoms with Gasteiger partial charge in [0.05, 0.1) is 6.04 Å². The normalized spacial score (nSPS) is 14.1. The molecule has 0 aliphatic carbocycles. The van der Waals surface area contributed by atoms with Crippen molar-refractivity contribution in [2.45, 2.75) is 43.4 Å². The van der Waals surface area contributed by atoms with Crippen molar-refractivity contribution in [1.29, 1.82) is 0 Å². The summed E-state index contributed by atoms with van der Waals surface area (Å²) in [5.74, 6) is -2.55. The van der Waals surface area contributed by atoms with Gasteiger partial charge < -0.3 is 36.8 Å². The van der Waals surface area contributed by atoms with Gasteiger partial charge >= 0.3 is 5.97 Å². The Hall–Kier alpha value is -3.94. The minimum absolute atomic E-state index is 0.113. The van der Waals surface area contributed by atoms with Crippen molar-refractivity contribution < 1.29 is 24.3 Å². The average molecular weight is 625 g/mol. The number of thioether (sulfide) groups is 1. The average Bonchev–Trinajstić information content (AvgIpc) is 3.61. The number of carboxylic acid groups (broad SMARTS) is 1. The number of nitrogens with one attached hydrogen (secondary N) is 5. The molecule has 43 heavy (non-hydrogen) atoms. The van der Waals surface area contributed by atoms with Crippen LogP contribution in [0.2, 0.25) is 0 Å². The highest BCUT2D eigenvalue weighted by Gasteiger charge is 2.30. The number of aromatic nitrogens is 2. The monoisotopic (exact) mass is 624 g/mol. The van der Waals surface area contributed by atoms with Gasteiger partial charge in [-0.3, -0.25) is 14.4 Å². The molecule has 2 aromatic heterocycles. The van der Waals surface area contributed by atoms with E-state index in [9.17, 15) is 24.3 Å². The molecule has 2 heterocycles. The zero-order chi connectivity index (χ0) is 30.9. The number of carboxylic acids is 1. The number of carbonyl (C=O) groups is 4. The van der Waals surface area contributed by atoms with E-state index in [1.54, 1.807) is 6.20 Å². The van der Waals surface area contributed by atoms with E-state index in [0.717, 1.165) is 32.9 Å². The second-order valence-corrected chi connectivity index (χ2v) is 11.6. The number of fused-ring (bicyclic) bond motifs is 2. The summed E-state index contributed by atoms with van der Waals surface area (Å²) >= 11 is 5.49. The molecule has 2 aromatic carbocycles. The topological polar surface area (TPSA) is 182 Å². The quantitative estimate of drug-likeness (QED) is 0.0931. The van der Waals surface area contributed by atoms with Crippen LogP contribution in [0.5, 0.6) is 0 Å². The van der Waals surface area contributed by atoms with Crippen LogP contribution in [0, 0.1) is 0 Å². The Morgan fingerprint density at radius 1 is 0.814 bits per heavy atom. The molecule has 0 aliphatic heterocycles. The maximum Gasteiger partial charge on any atom is 0.327 e. The highest BCUT2D eigenvalue weighted by Crippen LogP contribution is 2.21. The van der Waals surface area contributed by atoms with Crippen LogP contribution in [-0.4, -0.2) is 80.7 Å². The fourth-order valence-electron chi connectivity index (χ4n) is 4.87. The van der Waals surface area contributed by atoms with E-state index in [1.165, 1.54) is 11.8 Å². The molecule has 0 spiro atoms. The second kappa shape index (κ2) is 15.0. The van der Waals surface area contributed by atoms with Gasteiger partial charge in [-0.2, -0.15) is 24.4 Å². The summed E-state index contributed by atoms with van der Waals surface area (Å²) in [6.07, 6.45) is 6.09. The van der Waals surface area contributed by atoms with E-state index in [2.05, 4.69) is 38.5 Å². The summed E-state index contributed by atoms with van der Waals surface area (Å²) in [6.45, 7) is 0. The molecule has 0 fully saturated rings. The first-order valence-electron chi connectivity index (χ1n) is 13.8. The predicted octanol–water partition coefficient (Wildman–Crippen LogP) is 1.98. The van der Waals surface area contributed by atoms with Crippen LogP contribution in [0.3, 0.4) is 0 Å². The summed E-state index contributed by atoms with van der Waals surface area (Å²) in [6, 6.07) is 11.1. The van der Waals surface area contributed by atoms with Gasteiger partial charge in [-0.1, -0.05) is 36.4 Å². The third-order valence-corrected chi connectivity index (χ3v) is 8.23. The lowest BCUT2D eigenvalue weighted by molar-refractivity contribution is -0.141. The van der Waals surface area contributed by atoms with Gasteiger partial charge in [0.15, 0.2) is 0 Å². The lowest BCUT2D eigenvalue weighted by Crippen LogP contribution is -2.58. The van der Waals surface area contributed by atoms with Crippen molar-refractivity contribution in [3.63, 3.8) is 0 Å². The molecule has 228 valence electrons. The SMILES string of the molecule is CSCCC(NC(=O)C(Cc1c[nH]c2ccccc12)NC(=O)C(N)Cc1c[nH]c2ccccc12)C(=O)NC(CS)C(=O)O. The van der Waals surface area contributed by atoms with Crippen LogP contribution in [-0.2, 0) is 32.0 Å². The molecule has 0 bridgehead atoms. The minimum atomic E-state index is -1.23. The Kier molecular flexibility index (Phi) is 11.1. The summed E-state index contributed by atoms with van der Waals surface area (Å²) in [4.78, 5) is 58.0. The second-order valence-electron chi connectivity index (χ2n) is 10.2. The number of para-hydroxylation sites is 2. The molecular formula is C30H36N6O5S2. The number of aromatic amines is 2. The third kappa shape index (κ3) is 8.12. The number of hydrogen-bond donors (Lipinski definition) is 8. The fraction of sp³-hybridized carbons (Fsp3) is 0.333. The van der Waals surface area contributed by atoms with Crippen LogP contribution in [0.25, 0.3) is 21.8 Å². The van der Waals surface area contributed by atoms with Gasteiger partial charge in [0.25, 0.3) is 0 Å². The molecule has 4 atom stereocenters. The van der Waals surface area contributed by atoms with Crippen LogP contribution >= 0.6 is 24.4 Å². The largest absolute Gasteiger partial charge is 0.480 e. The molecule has 0 aliphatic rings. The van der Waals surface area contributed by atoms with Gasteiger partial charge in [0.2, 0.25) is 17.7 Å². The number of aliphatic carboxylic acids is 1. The van der Waals surface area contributed by atoms with Crippen molar-refractivity contribution in [2.75, 3.05) is 17.8 Å². The number of rotatable bonds is 15.